The molecule has 0 saturated carbocycles. The first-order valence-corrected chi connectivity index (χ1v) is 6.47. The number of anilines is 1. The van der Waals surface area contributed by atoms with Gasteiger partial charge in [-0.3, -0.25) is 4.79 Å². The van der Waals surface area contributed by atoms with Crippen LogP contribution in [0.3, 0.4) is 0 Å². The number of benzene rings is 2. The Balaban J connectivity index is 1.96. The lowest BCUT2D eigenvalue weighted by Gasteiger charge is -2.22. The third-order valence-electron chi connectivity index (χ3n) is 3.36. The van der Waals surface area contributed by atoms with E-state index < -0.39 is 0 Å². The minimum Gasteiger partial charge on any atom is -0.307 e. The van der Waals surface area contributed by atoms with Crippen molar-refractivity contribution in [2.75, 3.05) is 11.4 Å². The molecule has 0 aliphatic carbocycles. The van der Waals surface area contributed by atoms with Crippen LogP contribution in [0, 0.1) is 0 Å². The van der Waals surface area contributed by atoms with Crippen LogP contribution >= 0.6 is 0 Å². The molecule has 0 saturated heterocycles. The van der Waals surface area contributed by atoms with Crippen LogP contribution in [0.5, 0.6) is 0 Å². The normalized spacial score (nSPS) is 14.9. The van der Waals surface area contributed by atoms with E-state index in [0.29, 0.717) is 13.1 Å². The molecule has 0 spiro atoms. The zero-order chi connectivity index (χ0) is 13.1. The molecule has 0 bridgehead atoms. The summed E-state index contributed by atoms with van der Waals surface area (Å²) in [5, 5.41) is 3.18. The fourth-order valence-corrected chi connectivity index (χ4v) is 2.40. The summed E-state index contributed by atoms with van der Waals surface area (Å²) in [6.45, 7) is 1.76. The number of amides is 1. The fourth-order valence-electron chi connectivity index (χ4n) is 2.40. The van der Waals surface area contributed by atoms with Gasteiger partial charge in [-0.05, 0) is 17.2 Å². The van der Waals surface area contributed by atoms with E-state index in [4.69, 9.17) is 0 Å². The molecule has 0 fully saturated rings. The predicted molar refractivity (Wildman–Crippen MR) is 75.8 cm³/mol. The summed E-state index contributed by atoms with van der Waals surface area (Å²) in [6, 6.07) is 18.2. The molecular weight excluding hydrogens is 236 g/mol. The summed E-state index contributed by atoms with van der Waals surface area (Å²) < 4.78 is 0. The Morgan fingerprint density at radius 3 is 2.53 bits per heavy atom. The molecule has 0 radical (unpaired) electrons. The first-order valence-electron chi connectivity index (χ1n) is 6.47. The minimum atomic E-state index is 0.119. The second-order valence-electron chi connectivity index (χ2n) is 4.70. The van der Waals surface area contributed by atoms with E-state index in [0.717, 1.165) is 17.8 Å². The van der Waals surface area contributed by atoms with Gasteiger partial charge in [0.1, 0.15) is 0 Å². The van der Waals surface area contributed by atoms with Crippen LogP contribution < -0.4 is 10.2 Å². The van der Waals surface area contributed by atoms with E-state index in [1.807, 2.05) is 53.4 Å². The van der Waals surface area contributed by atoms with Gasteiger partial charge < -0.3 is 10.2 Å². The molecule has 1 N–H and O–H groups in total. The summed E-state index contributed by atoms with van der Waals surface area (Å²) in [5.41, 5.74) is 3.33. The molecular formula is C16H16N2O. The summed E-state index contributed by atoms with van der Waals surface area (Å²) in [4.78, 5) is 14.1. The number of rotatable bonds is 2. The number of fused-ring (bicyclic) bond motifs is 1. The maximum absolute atomic E-state index is 12.2. The average molecular weight is 252 g/mol. The second-order valence-corrected chi connectivity index (χ2v) is 4.70. The first-order chi connectivity index (χ1) is 9.34. The molecule has 3 heteroatoms. The van der Waals surface area contributed by atoms with Gasteiger partial charge in [-0.25, -0.2) is 0 Å². The largest absolute Gasteiger partial charge is 0.307 e. The molecule has 0 unspecified atom stereocenters. The molecule has 3 rings (SSSR count). The lowest BCUT2D eigenvalue weighted by atomic mass is 10.1. The Morgan fingerprint density at radius 2 is 1.68 bits per heavy atom. The molecule has 3 nitrogen and oxygen atoms in total. The lowest BCUT2D eigenvalue weighted by molar-refractivity contribution is -0.117. The summed E-state index contributed by atoms with van der Waals surface area (Å²) >= 11 is 0. The number of carbonyl (C=O) groups is 1. The standard InChI is InChI=1S/C16H16N2O/c19-16-11-17-10-14-8-4-5-9-15(14)18(16)12-13-6-2-1-3-7-13/h1-9,17H,10-12H2. The van der Waals surface area contributed by atoms with E-state index in [9.17, 15) is 4.79 Å². The van der Waals surface area contributed by atoms with E-state index in [2.05, 4.69) is 11.4 Å². The van der Waals surface area contributed by atoms with Crippen molar-refractivity contribution in [1.82, 2.24) is 5.32 Å². The van der Waals surface area contributed by atoms with E-state index in [-0.39, 0.29) is 5.91 Å². The van der Waals surface area contributed by atoms with E-state index >= 15 is 0 Å². The van der Waals surface area contributed by atoms with Crippen LogP contribution in [0.2, 0.25) is 0 Å². The van der Waals surface area contributed by atoms with Crippen molar-refractivity contribution in [3.63, 3.8) is 0 Å². The van der Waals surface area contributed by atoms with Crippen molar-refractivity contribution in [2.24, 2.45) is 0 Å². The van der Waals surface area contributed by atoms with Crippen molar-refractivity contribution >= 4 is 11.6 Å². The zero-order valence-electron chi connectivity index (χ0n) is 10.7. The zero-order valence-corrected chi connectivity index (χ0v) is 10.7. The van der Waals surface area contributed by atoms with Gasteiger partial charge in [0.2, 0.25) is 5.91 Å². The highest BCUT2D eigenvalue weighted by molar-refractivity contribution is 5.96. The molecule has 96 valence electrons. The van der Waals surface area contributed by atoms with Crippen LogP contribution in [0.15, 0.2) is 54.6 Å². The number of hydrogen-bond donors (Lipinski definition) is 1. The van der Waals surface area contributed by atoms with E-state index in [1.54, 1.807) is 0 Å². The average Bonchev–Trinajstić information content (AvgIpc) is 2.61. The SMILES string of the molecule is O=C1CNCc2ccccc2N1Cc1ccccc1. The van der Waals surface area contributed by atoms with Gasteiger partial charge >= 0.3 is 0 Å². The Morgan fingerprint density at radius 1 is 0.947 bits per heavy atom. The van der Waals surface area contributed by atoms with Crippen LogP contribution in [-0.2, 0) is 17.9 Å². The van der Waals surface area contributed by atoms with Crippen molar-refractivity contribution in [2.45, 2.75) is 13.1 Å². The highest BCUT2D eigenvalue weighted by Gasteiger charge is 2.21. The molecule has 1 heterocycles. The third kappa shape index (κ3) is 2.51. The van der Waals surface area contributed by atoms with E-state index in [1.165, 1.54) is 5.56 Å². The Hall–Kier alpha value is -2.13. The molecule has 2 aromatic carbocycles. The smallest absolute Gasteiger partial charge is 0.241 e. The lowest BCUT2D eigenvalue weighted by Crippen LogP contribution is -2.35. The first kappa shape index (κ1) is 11.9. The topological polar surface area (TPSA) is 32.3 Å². The number of carbonyl (C=O) groups excluding carboxylic acids is 1. The monoisotopic (exact) mass is 252 g/mol. The second kappa shape index (κ2) is 5.24. The van der Waals surface area contributed by atoms with Gasteiger partial charge in [-0.2, -0.15) is 0 Å². The Bertz CT molecular complexity index is 580. The maximum Gasteiger partial charge on any atom is 0.241 e. The fraction of sp³-hybridized carbons (Fsp3) is 0.188. The Kier molecular flexibility index (Phi) is 3.29. The number of hydrogen-bond acceptors (Lipinski definition) is 2. The van der Waals surface area contributed by atoms with Crippen LogP contribution in [0.4, 0.5) is 5.69 Å². The van der Waals surface area contributed by atoms with Gasteiger partial charge in [0.25, 0.3) is 0 Å². The van der Waals surface area contributed by atoms with Crippen molar-refractivity contribution in [3.05, 3.63) is 65.7 Å². The Labute approximate surface area is 112 Å². The van der Waals surface area contributed by atoms with Crippen molar-refractivity contribution in [1.29, 1.82) is 0 Å². The molecule has 0 aromatic heterocycles. The summed E-state index contributed by atoms with van der Waals surface area (Å²) in [5.74, 6) is 0.119. The number of nitrogens with zero attached hydrogens (tertiary/aromatic N) is 1. The minimum absolute atomic E-state index is 0.119. The summed E-state index contributed by atoms with van der Waals surface area (Å²) in [7, 11) is 0. The number of nitrogens with one attached hydrogen (secondary N) is 1. The molecule has 2 aromatic rings. The molecule has 19 heavy (non-hydrogen) atoms. The molecule has 1 aliphatic heterocycles. The van der Waals surface area contributed by atoms with Crippen LogP contribution in [0.25, 0.3) is 0 Å². The quantitative estimate of drug-likeness (QED) is 0.889. The number of para-hydroxylation sites is 1. The van der Waals surface area contributed by atoms with Gasteiger partial charge in [0.05, 0.1) is 13.1 Å². The molecule has 1 aliphatic rings. The molecule has 0 atom stereocenters. The van der Waals surface area contributed by atoms with Crippen molar-refractivity contribution < 1.29 is 4.79 Å². The van der Waals surface area contributed by atoms with Crippen LogP contribution in [0.1, 0.15) is 11.1 Å². The molecule has 1 amide bonds. The van der Waals surface area contributed by atoms with Gasteiger partial charge in [0.15, 0.2) is 0 Å². The van der Waals surface area contributed by atoms with Gasteiger partial charge in [0, 0.05) is 12.2 Å². The van der Waals surface area contributed by atoms with Crippen molar-refractivity contribution in [3.8, 4) is 0 Å². The van der Waals surface area contributed by atoms with Gasteiger partial charge in [-0.1, -0.05) is 48.5 Å². The van der Waals surface area contributed by atoms with Gasteiger partial charge in [-0.15, -0.1) is 0 Å². The highest BCUT2D eigenvalue weighted by Crippen LogP contribution is 2.24. The highest BCUT2D eigenvalue weighted by atomic mass is 16.2. The predicted octanol–water partition coefficient (Wildman–Crippen LogP) is 2.32. The third-order valence-corrected chi connectivity index (χ3v) is 3.36. The maximum atomic E-state index is 12.2. The van der Waals surface area contributed by atoms with Crippen LogP contribution in [-0.4, -0.2) is 12.5 Å². The summed E-state index contributed by atoms with van der Waals surface area (Å²) in [6.07, 6.45) is 0.